The Hall–Kier alpha value is -2.50. The Bertz CT molecular complexity index is 693. The number of aromatic nitrogens is 5. The second-order valence-electron chi connectivity index (χ2n) is 3.82. The van der Waals surface area contributed by atoms with E-state index in [1.54, 1.807) is 24.2 Å². The number of hydrogen-bond acceptors (Lipinski definition) is 5. The Morgan fingerprint density at radius 2 is 2.11 bits per heavy atom. The molecule has 0 amide bonds. The molecule has 18 heavy (non-hydrogen) atoms. The normalized spacial score (nSPS) is 10.8. The molecule has 1 aromatic carbocycles. The zero-order valence-corrected chi connectivity index (χ0v) is 10.0. The maximum Gasteiger partial charge on any atom is 0.146 e. The summed E-state index contributed by atoms with van der Waals surface area (Å²) in [6.07, 6.45) is 4.92. The van der Waals surface area contributed by atoms with Crippen molar-refractivity contribution in [2.75, 3.05) is 7.11 Å². The molecule has 3 aromatic rings. The van der Waals surface area contributed by atoms with Gasteiger partial charge in [0, 0.05) is 11.1 Å². The number of rotatable bonds is 2. The number of fused-ring (bicyclic) bond motifs is 1. The minimum atomic E-state index is 0.700. The number of methoxy groups -OCH3 is 1. The Morgan fingerprint density at radius 3 is 2.83 bits per heavy atom. The minimum absolute atomic E-state index is 0.700. The fourth-order valence-corrected chi connectivity index (χ4v) is 1.94. The molecule has 6 heteroatoms. The topological polar surface area (TPSA) is 65.7 Å². The minimum Gasteiger partial charge on any atom is -0.494 e. The van der Waals surface area contributed by atoms with Crippen molar-refractivity contribution in [2.45, 2.75) is 6.92 Å². The van der Waals surface area contributed by atoms with E-state index in [2.05, 4.69) is 20.3 Å². The number of aryl methyl sites for hydroxylation is 1. The molecule has 3 rings (SSSR count). The maximum absolute atomic E-state index is 5.37. The highest BCUT2D eigenvalue weighted by atomic mass is 16.5. The summed E-state index contributed by atoms with van der Waals surface area (Å²) in [5, 5.41) is 8.79. The van der Waals surface area contributed by atoms with Crippen LogP contribution in [0.4, 0.5) is 0 Å². The SMILES string of the molecule is COc1ccc2c(C)ncnc2c1-n1ccnn1. The molecule has 2 heterocycles. The molecule has 0 saturated carbocycles. The lowest BCUT2D eigenvalue weighted by Gasteiger charge is -2.11. The van der Waals surface area contributed by atoms with E-state index < -0.39 is 0 Å². The monoisotopic (exact) mass is 241 g/mol. The first-order chi connectivity index (χ1) is 8.81. The van der Waals surface area contributed by atoms with Gasteiger partial charge in [0.1, 0.15) is 23.3 Å². The molecule has 90 valence electrons. The average Bonchev–Trinajstić information content (AvgIpc) is 2.91. The van der Waals surface area contributed by atoms with Gasteiger partial charge in [-0.2, -0.15) is 0 Å². The van der Waals surface area contributed by atoms with Crippen molar-refractivity contribution in [1.82, 2.24) is 25.0 Å². The lowest BCUT2D eigenvalue weighted by molar-refractivity contribution is 0.412. The lowest BCUT2D eigenvalue weighted by Crippen LogP contribution is -2.02. The molecule has 0 N–H and O–H groups in total. The molecule has 0 radical (unpaired) electrons. The van der Waals surface area contributed by atoms with Crippen LogP contribution in [0.15, 0.2) is 30.9 Å². The highest BCUT2D eigenvalue weighted by Crippen LogP contribution is 2.30. The van der Waals surface area contributed by atoms with E-state index >= 15 is 0 Å². The van der Waals surface area contributed by atoms with Gasteiger partial charge in [-0.1, -0.05) is 5.21 Å². The third-order valence-corrected chi connectivity index (χ3v) is 2.81. The van der Waals surface area contributed by atoms with Crippen molar-refractivity contribution in [1.29, 1.82) is 0 Å². The van der Waals surface area contributed by atoms with Crippen LogP contribution in [0.25, 0.3) is 16.6 Å². The second-order valence-corrected chi connectivity index (χ2v) is 3.82. The third kappa shape index (κ3) is 1.50. The first-order valence-electron chi connectivity index (χ1n) is 5.46. The van der Waals surface area contributed by atoms with Crippen LogP contribution in [-0.2, 0) is 0 Å². The largest absolute Gasteiger partial charge is 0.494 e. The van der Waals surface area contributed by atoms with E-state index in [-0.39, 0.29) is 0 Å². The molecule has 0 aliphatic rings. The summed E-state index contributed by atoms with van der Waals surface area (Å²) in [5.41, 5.74) is 2.49. The van der Waals surface area contributed by atoms with Crippen molar-refractivity contribution in [3.63, 3.8) is 0 Å². The van der Waals surface area contributed by atoms with E-state index in [4.69, 9.17) is 4.74 Å². The van der Waals surface area contributed by atoms with E-state index in [0.717, 1.165) is 22.3 Å². The molecule has 0 unspecified atom stereocenters. The summed E-state index contributed by atoms with van der Waals surface area (Å²) in [6, 6.07) is 3.83. The van der Waals surface area contributed by atoms with E-state index in [1.165, 1.54) is 6.33 Å². The summed E-state index contributed by atoms with van der Waals surface area (Å²) in [6.45, 7) is 1.95. The third-order valence-electron chi connectivity index (χ3n) is 2.81. The summed E-state index contributed by atoms with van der Waals surface area (Å²) in [4.78, 5) is 8.51. The lowest BCUT2D eigenvalue weighted by atomic mass is 10.1. The number of hydrogen-bond donors (Lipinski definition) is 0. The van der Waals surface area contributed by atoms with Gasteiger partial charge in [0.2, 0.25) is 0 Å². The zero-order valence-electron chi connectivity index (χ0n) is 10.0. The second kappa shape index (κ2) is 4.06. The molecule has 0 spiro atoms. The van der Waals surface area contributed by atoms with Crippen molar-refractivity contribution in [2.24, 2.45) is 0 Å². The quantitative estimate of drug-likeness (QED) is 0.680. The molecule has 0 aliphatic heterocycles. The van der Waals surface area contributed by atoms with Crippen molar-refractivity contribution >= 4 is 10.9 Å². The fourth-order valence-electron chi connectivity index (χ4n) is 1.94. The molecule has 0 atom stereocenters. The van der Waals surface area contributed by atoms with Gasteiger partial charge in [-0.15, -0.1) is 5.10 Å². The Labute approximate surface area is 103 Å². The molecule has 0 aliphatic carbocycles. The predicted molar refractivity (Wildman–Crippen MR) is 65.7 cm³/mol. The van der Waals surface area contributed by atoms with Crippen LogP contribution in [0.5, 0.6) is 5.75 Å². The number of benzene rings is 1. The van der Waals surface area contributed by atoms with Crippen molar-refractivity contribution in [3.05, 3.63) is 36.5 Å². The molecule has 0 fully saturated rings. The maximum atomic E-state index is 5.37. The van der Waals surface area contributed by atoms with Crippen LogP contribution >= 0.6 is 0 Å². The van der Waals surface area contributed by atoms with Gasteiger partial charge >= 0.3 is 0 Å². The van der Waals surface area contributed by atoms with Crippen molar-refractivity contribution < 1.29 is 4.74 Å². The van der Waals surface area contributed by atoms with Gasteiger partial charge in [0.15, 0.2) is 0 Å². The molecule has 0 saturated heterocycles. The Balaban J connectivity index is 2.42. The highest BCUT2D eigenvalue weighted by molar-refractivity contribution is 5.90. The summed E-state index contributed by atoms with van der Waals surface area (Å²) in [5.74, 6) is 0.700. The van der Waals surface area contributed by atoms with Crippen LogP contribution in [0.2, 0.25) is 0 Å². The zero-order chi connectivity index (χ0) is 12.5. The van der Waals surface area contributed by atoms with E-state index in [0.29, 0.717) is 5.75 Å². The van der Waals surface area contributed by atoms with Crippen LogP contribution < -0.4 is 4.74 Å². The van der Waals surface area contributed by atoms with Gasteiger partial charge in [-0.05, 0) is 19.1 Å². The van der Waals surface area contributed by atoms with Crippen molar-refractivity contribution in [3.8, 4) is 11.4 Å². The number of nitrogens with zero attached hydrogens (tertiary/aromatic N) is 5. The first kappa shape index (κ1) is 10.6. The van der Waals surface area contributed by atoms with Crippen LogP contribution in [-0.4, -0.2) is 32.1 Å². The molecule has 6 nitrogen and oxygen atoms in total. The molecular formula is C12H11N5O. The first-order valence-corrected chi connectivity index (χ1v) is 5.46. The summed E-state index contributed by atoms with van der Waals surface area (Å²) >= 11 is 0. The van der Waals surface area contributed by atoms with Gasteiger partial charge in [0.05, 0.1) is 19.5 Å². The van der Waals surface area contributed by atoms with Crippen LogP contribution in [0.3, 0.4) is 0 Å². The van der Waals surface area contributed by atoms with Gasteiger partial charge in [-0.3, -0.25) is 0 Å². The summed E-state index contributed by atoms with van der Waals surface area (Å²) < 4.78 is 7.01. The standard InChI is InChI=1S/C12H11N5O/c1-8-9-3-4-10(18-2)12(11(9)14-7-13-8)17-6-5-15-16-17/h3-7H,1-2H3. The van der Waals surface area contributed by atoms with Gasteiger partial charge < -0.3 is 4.74 Å². The van der Waals surface area contributed by atoms with Crippen LogP contribution in [0.1, 0.15) is 5.69 Å². The van der Waals surface area contributed by atoms with Crippen LogP contribution in [0, 0.1) is 6.92 Å². The molecule has 0 bridgehead atoms. The smallest absolute Gasteiger partial charge is 0.146 e. The van der Waals surface area contributed by atoms with Gasteiger partial charge in [-0.25, -0.2) is 14.6 Å². The van der Waals surface area contributed by atoms with Gasteiger partial charge in [0.25, 0.3) is 0 Å². The van der Waals surface area contributed by atoms with E-state index in [1.807, 2.05) is 19.1 Å². The summed E-state index contributed by atoms with van der Waals surface area (Å²) in [7, 11) is 1.62. The molecule has 2 aromatic heterocycles. The van der Waals surface area contributed by atoms with E-state index in [9.17, 15) is 0 Å². The Kier molecular flexibility index (Phi) is 2.40. The predicted octanol–water partition coefficient (Wildman–Crippen LogP) is 1.53. The number of ether oxygens (including phenoxy) is 1. The average molecular weight is 241 g/mol. The highest BCUT2D eigenvalue weighted by Gasteiger charge is 2.13. The molecular weight excluding hydrogens is 230 g/mol. The fraction of sp³-hybridized carbons (Fsp3) is 0.167. The Morgan fingerprint density at radius 1 is 1.22 bits per heavy atom.